The molecule has 0 N–H and O–H groups in total. The molecule has 1 amide bonds. The first-order valence-electron chi connectivity index (χ1n) is 6.41. The minimum atomic E-state index is 0.176. The standard InChI is InChI=1S/C12H18N4O/c1-9(17)16-6-2-3-11(16)7-15-8-12(13-14-15)10-4-5-10/h8,10-11H,2-7H2,1H3/t11-/m0/s1. The summed E-state index contributed by atoms with van der Waals surface area (Å²) in [6.45, 7) is 3.33. The van der Waals surface area contributed by atoms with Crippen LogP contribution in [0.3, 0.4) is 0 Å². The van der Waals surface area contributed by atoms with Crippen LogP contribution in [0.1, 0.15) is 44.2 Å². The van der Waals surface area contributed by atoms with Crippen molar-refractivity contribution >= 4 is 5.91 Å². The van der Waals surface area contributed by atoms with Crippen molar-refractivity contribution in [3.63, 3.8) is 0 Å². The van der Waals surface area contributed by atoms with E-state index in [-0.39, 0.29) is 5.91 Å². The smallest absolute Gasteiger partial charge is 0.219 e. The molecule has 1 aromatic rings. The van der Waals surface area contributed by atoms with Crippen molar-refractivity contribution in [1.29, 1.82) is 0 Å². The lowest BCUT2D eigenvalue weighted by atomic mass is 10.2. The number of likely N-dealkylation sites (tertiary alicyclic amines) is 1. The van der Waals surface area contributed by atoms with Crippen LogP contribution >= 0.6 is 0 Å². The van der Waals surface area contributed by atoms with Crippen molar-refractivity contribution in [3.8, 4) is 0 Å². The fourth-order valence-corrected chi connectivity index (χ4v) is 2.62. The molecule has 3 rings (SSSR count). The van der Waals surface area contributed by atoms with E-state index in [1.54, 1.807) is 6.92 Å². The third kappa shape index (κ3) is 2.18. The highest BCUT2D eigenvalue weighted by molar-refractivity contribution is 5.73. The zero-order valence-electron chi connectivity index (χ0n) is 10.2. The molecule has 1 aliphatic heterocycles. The zero-order valence-corrected chi connectivity index (χ0v) is 10.2. The van der Waals surface area contributed by atoms with Gasteiger partial charge in [0.1, 0.15) is 0 Å². The second-order valence-corrected chi connectivity index (χ2v) is 5.15. The summed E-state index contributed by atoms with van der Waals surface area (Å²) in [6, 6.07) is 0.307. The Labute approximate surface area is 101 Å². The van der Waals surface area contributed by atoms with Crippen molar-refractivity contribution < 1.29 is 4.79 Å². The van der Waals surface area contributed by atoms with Crippen LogP contribution in [0.15, 0.2) is 6.20 Å². The summed E-state index contributed by atoms with van der Waals surface area (Å²) >= 11 is 0. The first kappa shape index (κ1) is 10.7. The normalized spacial score (nSPS) is 24.3. The number of aromatic nitrogens is 3. The zero-order chi connectivity index (χ0) is 11.8. The lowest BCUT2D eigenvalue weighted by Crippen LogP contribution is -2.36. The topological polar surface area (TPSA) is 51.0 Å². The van der Waals surface area contributed by atoms with Gasteiger partial charge in [-0.25, -0.2) is 0 Å². The van der Waals surface area contributed by atoms with Gasteiger partial charge in [0.05, 0.1) is 18.3 Å². The number of carbonyl (C=O) groups excluding carboxylic acids is 1. The molecule has 5 nitrogen and oxygen atoms in total. The van der Waals surface area contributed by atoms with E-state index in [0.717, 1.165) is 31.6 Å². The number of hydrogen-bond acceptors (Lipinski definition) is 3. The molecular weight excluding hydrogens is 216 g/mol. The van der Waals surface area contributed by atoms with Gasteiger partial charge in [0.25, 0.3) is 0 Å². The van der Waals surface area contributed by atoms with Crippen LogP contribution in [0.4, 0.5) is 0 Å². The number of amides is 1. The quantitative estimate of drug-likeness (QED) is 0.788. The van der Waals surface area contributed by atoms with Gasteiger partial charge >= 0.3 is 0 Å². The van der Waals surface area contributed by atoms with Crippen molar-refractivity contribution in [1.82, 2.24) is 19.9 Å². The van der Waals surface area contributed by atoms with Crippen molar-refractivity contribution in [3.05, 3.63) is 11.9 Å². The molecule has 0 bridgehead atoms. The van der Waals surface area contributed by atoms with E-state index in [1.807, 2.05) is 15.8 Å². The molecule has 1 saturated heterocycles. The first-order chi connectivity index (χ1) is 8.24. The van der Waals surface area contributed by atoms with Gasteiger partial charge in [-0.2, -0.15) is 0 Å². The minimum Gasteiger partial charge on any atom is -0.338 e. The molecule has 1 aliphatic carbocycles. The molecule has 2 aliphatic rings. The van der Waals surface area contributed by atoms with Crippen LogP contribution in [0.25, 0.3) is 0 Å². The Morgan fingerprint density at radius 3 is 3.00 bits per heavy atom. The molecule has 0 aromatic carbocycles. The highest BCUT2D eigenvalue weighted by Gasteiger charge is 2.29. The molecule has 0 unspecified atom stereocenters. The summed E-state index contributed by atoms with van der Waals surface area (Å²) in [5.74, 6) is 0.825. The lowest BCUT2D eigenvalue weighted by molar-refractivity contribution is -0.129. The van der Waals surface area contributed by atoms with E-state index < -0.39 is 0 Å². The molecule has 5 heteroatoms. The largest absolute Gasteiger partial charge is 0.338 e. The molecule has 1 saturated carbocycles. The van der Waals surface area contributed by atoms with Gasteiger partial charge in [-0.15, -0.1) is 5.10 Å². The van der Waals surface area contributed by atoms with Gasteiger partial charge in [-0.3, -0.25) is 9.48 Å². The van der Waals surface area contributed by atoms with E-state index in [2.05, 4.69) is 10.3 Å². The molecule has 1 aromatic heterocycles. The van der Waals surface area contributed by atoms with Crippen LogP contribution in [-0.4, -0.2) is 38.4 Å². The summed E-state index contributed by atoms with van der Waals surface area (Å²) in [6.07, 6.45) is 6.74. The fraction of sp³-hybridized carbons (Fsp3) is 0.750. The van der Waals surface area contributed by atoms with Crippen LogP contribution in [0.5, 0.6) is 0 Å². The number of hydrogen-bond donors (Lipinski definition) is 0. The highest BCUT2D eigenvalue weighted by Crippen LogP contribution is 2.38. The monoisotopic (exact) mass is 234 g/mol. The van der Waals surface area contributed by atoms with E-state index in [4.69, 9.17) is 0 Å². The summed E-state index contributed by atoms with van der Waals surface area (Å²) in [5.41, 5.74) is 1.12. The Morgan fingerprint density at radius 1 is 1.47 bits per heavy atom. The summed E-state index contributed by atoms with van der Waals surface area (Å²) < 4.78 is 1.90. The van der Waals surface area contributed by atoms with E-state index in [9.17, 15) is 4.79 Å². The first-order valence-corrected chi connectivity index (χ1v) is 6.41. The average Bonchev–Trinajstić information content (AvgIpc) is 2.87. The number of carbonyl (C=O) groups is 1. The van der Waals surface area contributed by atoms with Crippen molar-refractivity contribution in [2.24, 2.45) is 0 Å². The van der Waals surface area contributed by atoms with Gasteiger partial charge in [0, 0.05) is 25.6 Å². The third-order valence-electron chi connectivity index (χ3n) is 3.73. The Kier molecular flexibility index (Phi) is 2.61. The third-order valence-corrected chi connectivity index (χ3v) is 3.73. The van der Waals surface area contributed by atoms with Gasteiger partial charge < -0.3 is 4.90 Å². The molecular formula is C12H18N4O. The average molecular weight is 234 g/mol. The summed E-state index contributed by atoms with van der Waals surface area (Å²) in [4.78, 5) is 13.4. The molecule has 2 fully saturated rings. The maximum atomic E-state index is 11.5. The molecule has 0 spiro atoms. The fourth-order valence-electron chi connectivity index (χ4n) is 2.62. The number of nitrogens with zero attached hydrogens (tertiary/aromatic N) is 4. The van der Waals surface area contributed by atoms with Crippen LogP contribution in [0.2, 0.25) is 0 Å². The second-order valence-electron chi connectivity index (χ2n) is 5.15. The SMILES string of the molecule is CC(=O)N1CCC[C@H]1Cn1cc(C2CC2)nn1. The van der Waals surface area contributed by atoms with Crippen molar-refractivity contribution in [2.45, 2.75) is 51.1 Å². The highest BCUT2D eigenvalue weighted by atomic mass is 16.2. The maximum Gasteiger partial charge on any atom is 0.219 e. The van der Waals surface area contributed by atoms with Crippen LogP contribution in [-0.2, 0) is 11.3 Å². The summed E-state index contributed by atoms with van der Waals surface area (Å²) in [7, 11) is 0. The van der Waals surface area contributed by atoms with Gasteiger partial charge in [-0.05, 0) is 25.7 Å². The Hall–Kier alpha value is -1.39. The minimum absolute atomic E-state index is 0.176. The summed E-state index contributed by atoms with van der Waals surface area (Å²) in [5, 5.41) is 8.36. The molecule has 1 atom stereocenters. The molecule has 2 heterocycles. The van der Waals surface area contributed by atoms with E-state index in [0.29, 0.717) is 12.0 Å². The number of rotatable bonds is 3. The second kappa shape index (κ2) is 4.13. The molecule has 17 heavy (non-hydrogen) atoms. The van der Waals surface area contributed by atoms with Gasteiger partial charge in [-0.1, -0.05) is 5.21 Å². The lowest BCUT2D eigenvalue weighted by Gasteiger charge is -2.22. The maximum absolute atomic E-state index is 11.5. The predicted octanol–water partition coefficient (Wildman–Crippen LogP) is 1.17. The Bertz CT molecular complexity index is 424. The van der Waals surface area contributed by atoms with Crippen LogP contribution in [0, 0.1) is 0 Å². The molecule has 0 radical (unpaired) electrons. The Morgan fingerprint density at radius 2 is 2.29 bits per heavy atom. The van der Waals surface area contributed by atoms with Gasteiger partial charge in [0.15, 0.2) is 0 Å². The van der Waals surface area contributed by atoms with Gasteiger partial charge in [0.2, 0.25) is 5.91 Å². The molecule has 92 valence electrons. The van der Waals surface area contributed by atoms with Crippen molar-refractivity contribution in [2.75, 3.05) is 6.54 Å². The Balaban J connectivity index is 1.66. The predicted molar refractivity (Wildman–Crippen MR) is 62.4 cm³/mol. The van der Waals surface area contributed by atoms with E-state index in [1.165, 1.54) is 12.8 Å². The van der Waals surface area contributed by atoms with E-state index >= 15 is 0 Å². The van der Waals surface area contributed by atoms with Crippen LogP contribution < -0.4 is 0 Å².